The monoisotopic (exact) mass is 263 g/mol. The summed E-state index contributed by atoms with van der Waals surface area (Å²) in [5, 5.41) is 4.24. The summed E-state index contributed by atoms with van der Waals surface area (Å²) in [6, 6.07) is 6.13. The Morgan fingerprint density at radius 1 is 1.39 bits per heavy atom. The lowest BCUT2D eigenvalue weighted by atomic mass is 10.1. The van der Waals surface area contributed by atoms with E-state index in [9.17, 15) is 0 Å². The predicted octanol–water partition coefficient (Wildman–Crippen LogP) is 2.71. The number of aryl methyl sites for hydroxylation is 2. The van der Waals surface area contributed by atoms with Crippen LogP contribution in [0, 0.1) is 6.92 Å². The van der Waals surface area contributed by atoms with Crippen LogP contribution in [-0.2, 0) is 20.0 Å². The van der Waals surface area contributed by atoms with Crippen molar-refractivity contribution >= 4 is 11.6 Å². The summed E-state index contributed by atoms with van der Waals surface area (Å²) in [4.78, 5) is 4.29. The van der Waals surface area contributed by atoms with Crippen molar-refractivity contribution < 1.29 is 0 Å². The molecule has 0 saturated carbocycles. The van der Waals surface area contributed by atoms with Gasteiger partial charge in [-0.3, -0.25) is 0 Å². The molecule has 3 nitrogen and oxygen atoms in total. The Morgan fingerprint density at radius 3 is 2.89 bits per heavy atom. The van der Waals surface area contributed by atoms with Crippen LogP contribution in [0.1, 0.15) is 17.0 Å². The highest BCUT2D eigenvalue weighted by atomic mass is 35.5. The summed E-state index contributed by atoms with van der Waals surface area (Å²) in [6.07, 6.45) is 4.74. The molecule has 0 aliphatic rings. The molecule has 0 atom stereocenters. The van der Waals surface area contributed by atoms with Gasteiger partial charge in [0.05, 0.1) is 0 Å². The van der Waals surface area contributed by atoms with E-state index in [1.54, 1.807) is 0 Å². The van der Waals surface area contributed by atoms with Crippen molar-refractivity contribution in [3.05, 3.63) is 52.6 Å². The van der Waals surface area contributed by atoms with E-state index in [4.69, 9.17) is 11.6 Å². The maximum absolute atomic E-state index is 6.00. The second-order valence-electron chi connectivity index (χ2n) is 4.46. The fourth-order valence-electron chi connectivity index (χ4n) is 1.89. The van der Waals surface area contributed by atoms with Gasteiger partial charge in [-0.15, -0.1) is 0 Å². The summed E-state index contributed by atoms with van der Waals surface area (Å²) >= 11 is 6.00. The minimum absolute atomic E-state index is 0.826. The molecule has 96 valence electrons. The molecule has 0 unspecified atom stereocenters. The molecule has 0 amide bonds. The molecule has 18 heavy (non-hydrogen) atoms. The average Bonchev–Trinajstić information content (AvgIpc) is 2.75. The second kappa shape index (κ2) is 6.03. The Balaban J connectivity index is 1.78. The first kappa shape index (κ1) is 13.1. The van der Waals surface area contributed by atoms with Gasteiger partial charge < -0.3 is 9.88 Å². The van der Waals surface area contributed by atoms with Gasteiger partial charge in [-0.1, -0.05) is 23.7 Å². The molecule has 4 heteroatoms. The first-order valence-corrected chi connectivity index (χ1v) is 6.46. The lowest BCUT2D eigenvalue weighted by molar-refractivity contribution is 0.655. The lowest BCUT2D eigenvalue weighted by Crippen LogP contribution is -2.18. The molecule has 2 rings (SSSR count). The van der Waals surface area contributed by atoms with Crippen LogP contribution in [0.25, 0.3) is 0 Å². The molecule has 0 spiro atoms. The Bertz CT molecular complexity index is 520. The molecule has 0 fully saturated rings. The molecule has 0 aliphatic heterocycles. The quantitative estimate of drug-likeness (QED) is 0.841. The van der Waals surface area contributed by atoms with Gasteiger partial charge in [0, 0.05) is 44.0 Å². The van der Waals surface area contributed by atoms with Gasteiger partial charge in [0.1, 0.15) is 5.82 Å². The number of rotatable bonds is 5. The number of hydrogen-bond donors (Lipinski definition) is 1. The summed E-state index contributed by atoms with van der Waals surface area (Å²) in [6.45, 7) is 3.81. The van der Waals surface area contributed by atoms with Crippen LogP contribution in [0.4, 0.5) is 0 Å². The average molecular weight is 264 g/mol. The standard InChI is InChI=1S/C14H18ClN3/c1-11-9-12(3-4-13(11)15)10-16-6-5-14-17-7-8-18(14)2/h3-4,7-9,16H,5-6,10H2,1-2H3. The molecule has 0 saturated heterocycles. The molecule has 1 aromatic heterocycles. The van der Waals surface area contributed by atoms with E-state index in [0.29, 0.717) is 0 Å². The molecule has 1 aromatic carbocycles. The fraction of sp³-hybridized carbons (Fsp3) is 0.357. The van der Waals surface area contributed by atoms with Gasteiger partial charge in [-0.25, -0.2) is 4.98 Å². The molecule has 0 aliphatic carbocycles. The zero-order chi connectivity index (χ0) is 13.0. The molecular formula is C14H18ClN3. The van der Waals surface area contributed by atoms with E-state index in [-0.39, 0.29) is 0 Å². The molecule has 2 aromatic rings. The lowest BCUT2D eigenvalue weighted by Gasteiger charge is -2.07. The Hall–Kier alpha value is -1.32. The minimum atomic E-state index is 0.826. The van der Waals surface area contributed by atoms with E-state index < -0.39 is 0 Å². The summed E-state index contributed by atoms with van der Waals surface area (Å²) in [7, 11) is 2.02. The third-order valence-corrected chi connectivity index (χ3v) is 3.42. The van der Waals surface area contributed by atoms with E-state index in [2.05, 4.69) is 22.4 Å². The maximum atomic E-state index is 6.00. The first-order valence-electron chi connectivity index (χ1n) is 6.09. The van der Waals surface area contributed by atoms with E-state index in [1.807, 2.05) is 37.0 Å². The van der Waals surface area contributed by atoms with Gasteiger partial charge in [0.2, 0.25) is 0 Å². The van der Waals surface area contributed by atoms with Crippen molar-refractivity contribution in [3.8, 4) is 0 Å². The normalized spacial score (nSPS) is 10.8. The van der Waals surface area contributed by atoms with Crippen LogP contribution >= 0.6 is 11.6 Å². The highest BCUT2D eigenvalue weighted by Crippen LogP contribution is 2.15. The van der Waals surface area contributed by atoms with E-state index >= 15 is 0 Å². The fourth-order valence-corrected chi connectivity index (χ4v) is 2.00. The SMILES string of the molecule is Cc1cc(CNCCc2nccn2C)ccc1Cl. The van der Waals surface area contributed by atoms with E-state index in [0.717, 1.165) is 35.9 Å². The zero-order valence-corrected chi connectivity index (χ0v) is 11.5. The minimum Gasteiger partial charge on any atom is -0.338 e. The number of nitrogens with zero attached hydrogens (tertiary/aromatic N) is 2. The van der Waals surface area contributed by atoms with Gasteiger partial charge in [0.15, 0.2) is 0 Å². The highest BCUT2D eigenvalue weighted by molar-refractivity contribution is 6.31. The molecule has 1 N–H and O–H groups in total. The van der Waals surface area contributed by atoms with Crippen LogP contribution in [0.3, 0.4) is 0 Å². The number of imidazole rings is 1. The van der Waals surface area contributed by atoms with E-state index in [1.165, 1.54) is 5.56 Å². The van der Waals surface area contributed by atoms with Crippen molar-refractivity contribution in [1.82, 2.24) is 14.9 Å². The van der Waals surface area contributed by atoms with Crippen LogP contribution in [-0.4, -0.2) is 16.1 Å². The topological polar surface area (TPSA) is 29.9 Å². The number of aromatic nitrogens is 2. The Labute approximate surface area is 113 Å². The molecule has 1 heterocycles. The first-order chi connectivity index (χ1) is 8.66. The third kappa shape index (κ3) is 3.34. The van der Waals surface area contributed by atoms with Crippen LogP contribution in [0.2, 0.25) is 5.02 Å². The number of halogens is 1. The van der Waals surface area contributed by atoms with Crippen molar-refractivity contribution in [2.75, 3.05) is 6.54 Å². The molecule has 0 radical (unpaired) electrons. The highest BCUT2D eigenvalue weighted by Gasteiger charge is 2.00. The van der Waals surface area contributed by atoms with Crippen molar-refractivity contribution in [2.24, 2.45) is 7.05 Å². The van der Waals surface area contributed by atoms with Crippen LogP contribution in [0.15, 0.2) is 30.6 Å². The Morgan fingerprint density at radius 2 is 2.22 bits per heavy atom. The Kier molecular flexibility index (Phi) is 4.39. The van der Waals surface area contributed by atoms with Gasteiger partial charge in [0.25, 0.3) is 0 Å². The van der Waals surface area contributed by atoms with Crippen LogP contribution in [0.5, 0.6) is 0 Å². The smallest absolute Gasteiger partial charge is 0.109 e. The molecule has 0 bridgehead atoms. The number of hydrogen-bond acceptors (Lipinski definition) is 2. The zero-order valence-electron chi connectivity index (χ0n) is 10.8. The van der Waals surface area contributed by atoms with Crippen LogP contribution < -0.4 is 5.32 Å². The van der Waals surface area contributed by atoms with Crippen molar-refractivity contribution in [3.63, 3.8) is 0 Å². The van der Waals surface area contributed by atoms with Crippen molar-refractivity contribution in [2.45, 2.75) is 19.9 Å². The summed E-state index contributed by atoms with van der Waals surface area (Å²) < 4.78 is 2.05. The second-order valence-corrected chi connectivity index (χ2v) is 4.87. The third-order valence-electron chi connectivity index (χ3n) is 3.00. The summed E-state index contributed by atoms with van der Waals surface area (Å²) in [5.41, 5.74) is 2.39. The maximum Gasteiger partial charge on any atom is 0.109 e. The van der Waals surface area contributed by atoms with Gasteiger partial charge in [-0.2, -0.15) is 0 Å². The van der Waals surface area contributed by atoms with Gasteiger partial charge in [-0.05, 0) is 24.1 Å². The largest absolute Gasteiger partial charge is 0.338 e. The summed E-state index contributed by atoms with van der Waals surface area (Å²) in [5.74, 6) is 1.11. The van der Waals surface area contributed by atoms with Gasteiger partial charge >= 0.3 is 0 Å². The number of nitrogens with one attached hydrogen (secondary N) is 1. The molecular weight excluding hydrogens is 246 g/mol. The van der Waals surface area contributed by atoms with Crippen molar-refractivity contribution in [1.29, 1.82) is 0 Å². The predicted molar refractivity (Wildman–Crippen MR) is 74.8 cm³/mol. The number of benzene rings is 1.